The third-order valence-electron chi connectivity index (χ3n) is 3.36. The summed E-state index contributed by atoms with van der Waals surface area (Å²) in [5.41, 5.74) is -1.19. The van der Waals surface area contributed by atoms with E-state index in [1.165, 1.54) is 4.68 Å². The number of carbonyl (C=O) groups is 1. The molecule has 0 saturated carbocycles. The van der Waals surface area contributed by atoms with E-state index in [1.54, 1.807) is 0 Å². The monoisotopic (exact) mass is 441 g/mol. The summed E-state index contributed by atoms with van der Waals surface area (Å²) >= 11 is 5.69. The van der Waals surface area contributed by atoms with E-state index in [0.29, 0.717) is 18.7 Å². The maximum atomic E-state index is 12.8. The van der Waals surface area contributed by atoms with Crippen LogP contribution in [0.25, 0.3) is 0 Å². The van der Waals surface area contributed by atoms with E-state index in [1.807, 2.05) is 11.6 Å². The molecule has 0 atom stereocenters. The van der Waals surface area contributed by atoms with Gasteiger partial charge in [0.05, 0.1) is 10.6 Å². The maximum absolute atomic E-state index is 12.8. The molecule has 2 rings (SSSR count). The highest BCUT2D eigenvalue weighted by molar-refractivity contribution is 7.89. The lowest BCUT2D eigenvalue weighted by Crippen LogP contribution is -2.31. The number of carbonyl (C=O) groups excluding carboxylic acids is 1. The van der Waals surface area contributed by atoms with Crippen molar-refractivity contribution in [3.8, 4) is 0 Å². The summed E-state index contributed by atoms with van der Waals surface area (Å²) in [6.45, 7) is 1.29. The Kier molecular flexibility index (Phi) is 6.96. The number of alkyl halides is 3. The number of aromatic nitrogens is 4. The Labute approximate surface area is 162 Å². The first kappa shape index (κ1) is 22.0. The first-order valence-corrected chi connectivity index (χ1v) is 9.67. The SMILES string of the molecule is CCCn1nnnc1COC(=O)CNS(=O)(=O)c1cc(C(F)(F)F)ccc1Cl. The van der Waals surface area contributed by atoms with Gasteiger partial charge in [0, 0.05) is 6.54 Å². The summed E-state index contributed by atoms with van der Waals surface area (Å²) in [4.78, 5) is 11.0. The first-order chi connectivity index (χ1) is 13.0. The molecular weight excluding hydrogens is 427 g/mol. The summed E-state index contributed by atoms with van der Waals surface area (Å²) in [7, 11) is -4.49. The van der Waals surface area contributed by atoms with Crippen molar-refractivity contribution in [2.24, 2.45) is 0 Å². The lowest BCUT2D eigenvalue weighted by molar-refractivity contribution is -0.143. The van der Waals surface area contributed by atoms with Crippen molar-refractivity contribution in [2.45, 2.75) is 37.6 Å². The van der Waals surface area contributed by atoms with Gasteiger partial charge in [-0.15, -0.1) is 5.10 Å². The Hall–Kier alpha value is -2.25. The number of tetrazole rings is 1. The van der Waals surface area contributed by atoms with Gasteiger partial charge in [-0.25, -0.2) is 13.1 Å². The summed E-state index contributed by atoms with van der Waals surface area (Å²) in [5, 5.41) is 10.4. The Balaban J connectivity index is 2.01. The molecule has 0 aliphatic carbocycles. The molecule has 0 unspecified atom stereocenters. The molecule has 0 bridgehead atoms. The zero-order valence-corrected chi connectivity index (χ0v) is 16.0. The topological polar surface area (TPSA) is 116 Å². The molecule has 0 radical (unpaired) electrons. The van der Waals surface area contributed by atoms with E-state index < -0.39 is 44.2 Å². The Morgan fingerprint density at radius 1 is 1.36 bits per heavy atom. The van der Waals surface area contributed by atoms with Crippen LogP contribution < -0.4 is 4.72 Å². The van der Waals surface area contributed by atoms with Gasteiger partial charge in [-0.3, -0.25) is 4.79 Å². The highest BCUT2D eigenvalue weighted by atomic mass is 35.5. The number of aryl methyl sites for hydroxylation is 1. The van der Waals surface area contributed by atoms with Gasteiger partial charge in [-0.1, -0.05) is 18.5 Å². The van der Waals surface area contributed by atoms with E-state index in [4.69, 9.17) is 16.3 Å². The van der Waals surface area contributed by atoms with Crippen LogP contribution in [0, 0.1) is 0 Å². The molecule has 0 fully saturated rings. The quantitative estimate of drug-likeness (QED) is 0.620. The predicted molar refractivity (Wildman–Crippen MR) is 89.5 cm³/mol. The van der Waals surface area contributed by atoms with Crippen LogP contribution in [0.3, 0.4) is 0 Å². The number of rotatable bonds is 8. The summed E-state index contributed by atoms with van der Waals surface area (Å²) < 4.78 is 70.9. The summed E-state index contributed by atoms with van der Waals surface area (Å²) in [6, 6.07) is 1.84. The molecule has 1 N–H and O–H groups in total. The fourth-order valence-electron chi connectivity index (χ4n) is 2.03. The van der Waals surface area contributed by atoms with Gasteiger partial charge in [0.1, 0.15) is 11.4 Å². The van der Waals surface area contributed by atoms with Crippen molar-refractivity contribution in [1.82, 2.24) is 24.9 Å². The molecule has 1 aromatic carbocycles. The Morgan fingerprint density at radius 3 is 2.71 bits per heavy atom. The second kappa shape index (κ2) is 8.84. The number of nitrogens with zero attached hydrogens (tertiary/aromatic N) is 4. The standard InChI is InChI=1S/C14H15ClF3N5O4S/c1-2-5-23-12(20-21-22-23)8-27-13(24)7-19-28(25,26)11-6-9(14(16,17)18)3-4-10(11)15/h3-4,6,19H,2,5,7-8H2,1H3. The second-order valence-corrected chi connectivity index (χ2v) is 7.59. The number of benzene rings is 1. The highest BCUT2D eigenvalue weighted by Crippen LogP contribution is 2.33. The number of ether oxygens (including phenoxy) is 1. The van der Waals surface area contributed by atoms with Crippen LogP contribution in [0.5, 0.6) is 0 Å². The molecule has 0 aliphatic rings. The fraction of sp³-hybridized carbons (Fsp3) is 0.429. The second-order valence-electron chi connectivity index (χ2n) is 5.45. The van der Waals surface area contributed by atoms with Crippen LogP contribution in [-0.2, 0) is 38.9 Å². The minimum absolute atomic E-state index is 0.263. The lowest BCUT2D eigenvalue weighted by Gasteiger charge is -2.12. The average molecular weight is 442 g/mol. The van der Waals surface area contributed by atoms with Crippen LogP contribution in [0.15, 0.2) is 23.1 Å². The van der Waals surface area contributed by atoms with Gasteiger partial charge in [0.2, 0.25) is 10.0 Å². The summed E-state index contributed by atoms with van der Waals surface area (Å²) in [6.07, 6.45) is -4.01. The third-order valence-corrected chi connectivity index (χ3v) is 5.24. The molecule has 28 heavy (non-hydrogen) atoms. The molecule has 9 nitrogen and oxygen atoms in total. The molecule has 14 heteroatoms. The zero-order chi connectivity index (χ0) is 20.9. The number of nitrogens with one attached hydrogen (secondary N) is 1. The van der Waals surface area contributed by atoms with Crippen molar-refractivity contribution in [3.63, 3.8) is 0 Å². The number of halogens is 4. The smallest absolute Gasteiger partial charge is 0.416 e. The van der Waals surface area contributed by atoms with Crippen LogP contribution in [0.1, 0.15) is 24.7 Å². The summed E-state index contributed by atoms with van der Waals surface area (Å²) in [5.74, 6) is -0.711. The lowest BCUT2D eigenvalue weighted by atomic mass is 10.2. The molecule has 1 heterocycles. The molecule has 2 aromatic rings. The number of hydrogen-bond acceptors (Lipinski definition) is 7. The highest BCUT2D eigenvalue weighted by Gasteiger charge is 2.32. The number of esters is 1. The minimum Gasteiger partial charge on any atom is -0.456 e. The van der Waals surface area contributed by atoms with Crippen molar-refractivity contribution < 1.29 is 31.1 Å². The van der Waals surface area contributed by atoms with Crippen LogP contribution in [0.2, 0.25) is 5.02 Å². The molecule has 0 aliphatic heterocycles. The Morgan fingerprint density at radius 2 is 2.07 bits per heavy atom. The van der Waals surface area contributed by atoms with Gasteiger partial charge >= 0.3 is 12.1 Å². The van der Waals surface area contributed by atoms with Gasteiger partial charge in [0.15, 0.2) is 12.4 Å². The Bertz CT molecular complexity index is 949. The van der Waals surface area contributed by atoms with E-state index in [0.717, 1.165) is 12.5 Å². The number of sulfonamides is 1. The molecule has 0 saturated heterocycles. The zero-order valence-electron chi connectivity index (χ0n) is 14.4. The molecule has 0 spiro atoms. The fourth-order valence-corrected chi connectivity index (χ4v) is 3.52. The van der Waals surface area contributed by atoms with Crippen molar-refractivity contribution in [1.29, 1.82) is 0 Å². The van der Waals surface area contributed by atoms with E-state index in [-0.39, 0.29) is 12.4 Å². The normalized spacial score (nSPS) is 12.2. The van der Waals surface area contributed by atoms with Gasteiger partial charge in [0.25, 0.3) is 0 Å². The van der Waals surface area contributed by atoms with Gasteiger partial charge in [-0.05, 0) is 35.0 Å². The van der Waals surface area contributed by atoms with Crippen molar-refractivity contribution in [2.75, 3.05) is 6.54 Å². The average Bonchev–Trinajstić information content (AvgIpc) is 3.05. The maximum Gasteiger partial charge on any atom is 0.416 e. The third kappa shape index (κ3) is 5.62. The molecule has 154 valence electrons. The van der Waals surface area contributed by atoms with Crippen molar-refractivity contribution >= 4 is 27.6 Å². The van der Waals surface area contributed by atoms with Gasteiger partial charge < -0.3 is 4.74 Å². The molecule has 1 aromatic heterocycles. The van der Waals surface area contributed by atoms with Crippen molar-refractivity contribution in [3.05, 3.63) is 34.6 Å². The largest absolute Gasteiger partial charge is 0.456 e. The minimum atomic E-state index is -4.75. The van der Waals surface area contributed by atoms with Crippen LogP contribution in [0.4, 0.5) is 13.2 Å². The number of hydrogen-bond donors (Lipinski definition) is 1. The first-order valence-electron chi connectivity index (χ1n) is 7.81. The van der Waals surface area contributed by atoms with E-state index in [9.17, 15) is 26.4 Å². The predicted octanol–water partition coefficient (Wildman–Crippen LogP) is 1.78. The van der Waals surface area contributed by atoms with Gasteiger partial charge in [-0.2, -0.15) is 17.9 Å². The van der Waals surface area contributed by atoms with Crippen LogP contribution in [-0.4, -0.2) is 41.1 Å². The van der Waals surface area contributed by atoms with E-state index in [2.05, 4.69) is 15.5 Å². The van der Waals surface area contributed by atoms with Crippen LogP contribution >= 0.6 is 11.6 Å². The molecular formula is C14H15ClF3N5O4S. The molecule has 0 amide bonds. The van der Waals surface area contributed by atoms with E-state index >= 15 is 0 Å².